The van der Waals surface area contributed by atoms with Crippen molar-refractivity contribution in [3.05, 3.63) is 0 Å². The Balaban J connectivity index is 1.56. The van der Waals surface area contributed by atoms with Crippen LogP contribution in [0.5, 0.6) is 0 Å². The van der Waals surface area contributed by atoms with E-state index in [-0.39, 0.29) is 11.8 Å². The van der Waals surface area contributed by atoms with Crippen LogP contribution in [0, 0.1) is 0 Å². The van der Waals surface area contributed by atoms with E-state index < -0.39 is 10.0 Å². The molecule has 2 fully saturated rings. The van der Waals surface area contributed by atoms with E-state index in [4.69, 9.17) is 0 Å². The maximum absolute atomic E-state index is 11.9. The maximum atomic E-state index is 11.9. The Morgan fingerprint density at radius 2 is 1.72 bits per heavy atom. The Bertz CT molecular complexity index is 336. The molecular formula is C12H24N2O2S2. The number of nitrogens with one attached hydrogen (secondary N) is 2. The summed E-state index contributed by atoms with van der Waals surface area (Å²) in [6, 6.07) is 0.903. The third-order valence-corrected chi connectivity index (χ3v) is 5.99. The van der Waals surface area contributed by atoms with Crippen LogP contribution >= 0.6 is 11.8 Å². The Morgan fingerprint density at radius 3 is 2.39 bits per heavy atom. The Hall–Kier alpha value is 0.220. The van der Waals surface area contributed by atoms with Gasteiger partial charge in [0.05, 0.1) is 5.75 Å². The van der Waals surface area contributed by atoms with Crippen molar-refractivity contribution in [2.24, 2.45) is 0 Å². The Kier molecular flexibility index (Phi) is 5.79. The minimum atomic E-state index is -3.05. The predicted molar refractivity (Wildman–Crippen MR) is 77.5 cm³/mol. The number of sulfonamides is 1. The smallest absolute Gasteiger partial charge is 0.211 e. The predicted octanol–water partition coefficient (Wildman–Crippen LogP) is 1.33. The highest BCUT2D eigenvalue weighted by atomic mass is 32.2. The van der Waals surface area contributed by atoms with E-state index in [2.05, 4.69) is 10.0 Å². The van der Waals surface area contributed by atoms with Crippen molar-refractivity contribution in [1.82, 2.24) is 10.0 Å². The van der Waals surface area contributed by atoms with E-state index in [9.17, 15) is 8.42 Å². The van der Waals surface area contributed by atoms with Gasteiger partial charge in [-0.05, 0) is 56.6 Å². The van der Waals surface area contributed by atoms with Crippen molar-refractivity contribution in [3.8, 4) is 0 Å². The summed E-state index contributed by atoms with van der Waals surface area (Å²) in [6.07, 6.45) is 6.26. The fourth-order valence-corrected chi connectivity index (χ4v) is 4.69. The normalized spacial score (nSPS) is 22.2. The van der Waals surface area contributed by atoms with Gasteiger partial charge in [0.15, 0.2) is 0 Å². The molecule has 0 aromatic heterocycles. The first-order valence-electron chi connectivity index (χ1n) is 6.97. The van der Waals surface area contributed by atoms with Crippen molar-refractivity contribution < 1.29 is 8.42 Å². The summed E-state index contributed by atoms with van der Waals surface area (Å²) in [5.41, 5.74) is 0. The second-order valence-electron chi connectivity index (χ2n) is 5.26. The molecule has 0 amide bonds. The van der Waals surface area contributed by atoms with Gasteiger partial charge in [-0.15, -0.1) is 0 Å². The highest BCUT2D eigenvalue weighted by molar-refractivity contribution is 7.99. The first kappa shape index (κ1) is 14.6. The maximum Gasteiger partial charge on any atom is 0.211 e. The van der Waals surface area contributed by atoms with Gasteiger partial charge >= 0.3 is 0 Å². The topological polar surface area (TPSA) is 58.2 Å². The van der Waals surface area contributed by atoms with Gasteiger partial charge in [0.2, 0.25) is 10.0 Å². The molecule has 0 aromatic rings. The molecule has 2 N–H and O–H groups in total. The van der Waals surface area contributed by atoms with Gasteiger partial charge in [-0.1, -0.05) is 0 Å². The first-order valence-corrected chi connectivity index (χ1v) is 9.77. The van der Waals surface area contributed by atoms with Crippen LogP contribution in [0.4, 0.5) is 0 Å². The quantitative estimate of drug-likeness (QED) is 0.663. The largest absolute Gasteiger partial charge is 0.314 e. The minimum absolute atomic E-state index is 0.181. The SMILES string of the molecule is O=S(=O)(CCCCNC1CC1)NC1CCSCC1. The summed E-state index contributed by atoms with van der Waals surface area (Å²) >= 11 is 1.91. The average Bonchev–Trinajstić information content (AvgIpc) is 3.13. The molecule has 1 aliphatic heterocycles. The molecule has 1 aliphatic carbocycles. The van der Waals surface area contributed by atoms with Gasteiger partial charge in [0.1, 0.15) is 0 Å². The molecule has 4 nitrogen and oxygen atoms in total. The molecule has 0 radical (unpaired) electrons. The molecule has 2 aliphatic rings. The van der Waals surface area contributed by atoms with E-state index >= 15 is 0 Å². The first-order chi connectivity index (χ1) is 8.66. The lowest BCUT2D eigenvalue weighted by atomic mass is 10.2. The molecule has 106 valence electrons. The van der Waals surface area contributed by atoms with Crippen LogP contribution < -0.4 is 10.0 Å². The molecule has 0 bridgehead atoms. The number of thioether (sulfide) groups is 1. The highest BCUT2D eigenvalue weighted by Crippen LogP contribution is 2.19. The summed E-state index contributed by atoms with van der Waals surface area (Å²) in [7, 11) is -3.05. The van der Waals surface area contributed by atoms with Crippen molar-refractivity contribution in [1.29, 1.82) is 0 Å². The van der Waals surface area contributed by atoms with E-state index in [1.54, 1.807) is 0 Å². The van der Waals surface area contributed by atoms with Crippen LogP contribution in [0.15, 0.2) is 0 Å². The molecule has 18 heavy (non-hydrogen) atoms. The third-order valence-electron chi connectivity index (χ3n) is 3.42. The van der Waals surface area contributed by atoms with E-state index in [1.807, 2.05) is 11.8 Å². The summed E-state index contributed by atoms with van der Waals surface area (Å²) in [5, 5.41) is 3.41. The summed E-state index contributed by atoms with van der Waals surface area (Å²) in [4.78, 5) is 0. The zero-order valence-electron chi connectivity index (χ0n) is 10.9. The fourth-order valence-electron chi connectivity index (χ4n) is 2.14. The molecule has 0 aromatic carbocycles. The van der Waals surface area contributed by atoms with E-state index in [0.29, 0.717) is 0 Å². The molecule has 1 saturated heterocycles. The Labute approximate surface area is 115 Å². The minimum Gasteiger partial charge on any atom is -0.314 e. The fraction of sp³-hybridized carbons (Fsp3) is 1.00. The summed E-state index contributed by atoms with van der Waals surface area (Å²) < 4.78 is 26.6. The van der Waals surface area contributed by atoms with Gasteiger partial charge in [0.25, 0.3) is 0 Å². The lowest BCUT2D eigenvalue weighted by Crippen LogP contribution is -2.38. The summed E-state index contributed by atoms with van der Waals surface area (Å²) in [6.45, 7) is 0.959. The van der Waals surface area contributed by atoms with Crippen molar-refractivity contribution in [2.45, 2.75) is 50.6 Å². The van der Waals surface area contributed by atoms with Gasteiger partial charge in [0, 0.05) is 12.1 Å². The van der Waals surface area contributed by atoms with Crippen molar-refractivity contribution >= 4 is 21.8 Å². The van der Waals surface area contributed by atoms with Gasteiger partial charge in [-0.25, -0.2) is 13.1 Å². The van der Waals surface area contributed by atoms with E-state index in [1.165, 1.54) is 12.8 Å². The van der Waals surface area contributed by atoms with Crippen molar-refractivity contribution in [2.75, 3.05) is 23.8 Å². The lowest BCUT2D eigenvalue weighted by Gasteiger charge is -2.22. The average molecular weight is 292 g/mol. The summed E-state index contributed by atoms with van der Waals surface area (Å²) in [5.74, 6) is 2.44. The standard InChI is InChI=1S/C12H24N2O2S2/c15-18(16,14-12-5-8-17-9-6-12)10-2-1-7-13-11-3-4-11/h11-14H,1-10H2. The molecule has 0 spiro atoms. The van der Waals surface area contributed by atoms with Gasteiger partial charge < -0.3 is 5.32 Å². The zero-order valence-corrected chi connectivity index (χ0v) is 12.5. The molecular weight excluding hydrogens is 268 g/mol. The number of unbranched alkanes of at least 4 members (excludes halogenated alkanes) is 1. The monoisotopic (exact) mass is 292 g/mol. The van der Waals surface area contributed by atoms with Crippen LogP contribution in [0.1, 0.15) is 38.5 Å². The van der Waals surface area contributed by atoms with Crippen LogP contribution in [-0.4, -0.2) is 44.3 Å². The van der Waals surface area contributed by atoms with Crippen LogP contribution in [0.3, 0.4) is 0 Å². The second kappa shape index (κ2) is 7.12. The van der Waals surface area contributed by atoms with Crippen molar-refractivity contribution in [3.63, 3.8) is 0 Å². The molecule has 2 rings (SSSR count). The van der Waals surface area contributed by atoms with E-state index in [0.717, 1.165) is 49.8 Å². The third kappa shape index (κ3) is 5.91. The number of hydrogen-bond acceptors (Lipinski definition) is 4. The number of hydrogen-bond donors (Lipinski definition) is 2. The van der Waals surface area contributed by atoms with Gasteiger partial charge in [-0.3, -0.25) is 0 Å². The lowest BCUT2D eigenvalue weighted by molar-refractivity contribution is 0.525. The molecule has 1 heterocycles. The highest BCUT2D eigenvalue weighted by Gasteiger charge is 2.21. The van der Waals surface area contributed by atoms with Crippen LogP contribution in [-0.2, 0) is 10.0 Å². The van der Waals surface area contributed by atoms with Crippen LogP contribution in [0.2, 0.25) is 0 Å². The second-order valence-corrected chi connectivity index (χ2v) is 8.36. The Morgan fingerprint density at radius 1 is 1.00 bits per heavy atom. The molecule has 0 unspecified atom stereocenters. The zero-order chi connectivity index (χ0) is 12.8. The molecule has 6 heteroatoms. The molecule has 0 atom stereocenters. The van der Waals surface area contributed by atoms with Crippen LogP contribution in [0.25, 0.3) is 0 Å². The van der Waals surface area contributed by atoms with Gasteiger partial charge in [-0.2, -0.15) is 11.8 Å². The number of rotatable bonds is 8. The molecule has 1 saturated carbocycles.